The SMILES string of the molecule is CC(=O)c1nc(CC(=O)N2[C@H](C(=O)Nc3nc(Br)ccc3C)C[C@@]3(C)C[C@@H]23)c2ccc(-c3cnc(C)nc3)cn12. The number of Topliss-reactive ketones (excluding diaryl/α,β-unsaturated/α-hetero) is 1. The van der Waals surface area contributed by atoms with E-state index in [2.05, 4.69) is 48.1 Å². The summed E-state index contributed by atoms with van der Waals surface area (Å²) in [5.41, 5.74) is 3.56. The number of aromatic nitrogens is 5. The molecule has 1 aliphatic carbocycles. The molecule has 0 unspecified atom stereocenters. The molecule has 204 valence electrons. The van der Waals surface area contributed by atoms with E-state index >= 15 is 0 Å². The Labute approximate surface area is 239 Å². The minimum absolute atomic E-state index is 0.00149. The molecule has 10 nitrogen and oxygen atoms in total. The normalized spacial score (nSPS) is 21.4. The molecule has 1 aliphatic heterocycles. The summed E-state index contributed by atoms with van der Waals surface area (Å²) >= 11 is 3.35. The highest BCUT2D eigenvalue weighted by molar-refractivity contribution is 9.10. The number of nitrogens with one attached hydrogen (secondary N) is 1. The predicted molar refractivity (Wildman–Crippen MR) is 152 cm³/mol. The number of fused-ring (bicyclic) bond motifs is 2. The smallest absolute Gasteiger partial charge is 0.248 e. The fourth-order valence-electron chi connectivity index (χ4n) is 5.67. The van der Waals surface area contributed by atoms with Gasteiger partial charge in [0.2, 0.25) is 11.8 Å². The predicted octanol–water partition coefficient (Wildman–Crippen LogP) is 4.33. The van der Waals surface area contributed by atoms with Crippen LogP contribution in [0.1, 0.15) is 54.4 Å². The first-order valence-corrected chi connectivity index (χ1v) is 13.9. The summed E-state index contributed by atoms with van der Waals surface area (Å²) in [4.78, 5) is 58.9. The van der Waals surface area contributed by atoms with Crippen molar-refractivity contribution in [1.82, 2.24) is 29.2 Å². The van der Waals surface area contributed by atoms with Crippen molar-refractivity contribution in [2.24, 2.45) is 5.41 Å². The van der Waals surface area contributed by atoms with Crippen molar-refractivity contribution in [3.05, 3.63) is 70.4 Å². The maximum Gasteiger partial charge on any atom is 0.248 e. The average Bonchev–Trinajstić information content (AvgIpc) is 3.28. The Morgan fingerprint density at radius 2 is 1.80 bits per heavy atom. The van der Waals surface area contributed by atoms with Crippen LogP contribution in [0.4, 0.5) is 5.82 Å². The highest BCUT2D eigenvalue weighted by atomic mass is 79.9. The Bertz CT molecular complexity index is 1700. The molecule has 1 saturated carbocycles. The molecule has 4 aromatic heterocycles. The maximum atomic E-state index is 13.8. The Balaban J connectivity index is 1.29. The van der Waals surface area contributed by atoms with Crippen molar-refractivity contribution in [3.63, 3.8) is 0 Å². The lowest BCUT2D eigenvalue weighted by atomic mass is 10.0. The molecule has 0 spiro atoms. The Morgan fingerprint density at radius 1 is 1.05 bits per heavy atom. The maximum absolute atomic E-state index is 13.8. The number of amides is 2. The van der Waals surface area contributed by atoms with Crippen molar-refractivity contribution in [2.75, 3.05) is 5.32 Å². The number of carbonyl (C=O) groups is 3. The number of anilines is 1. The summed E-state index contributed by atoms with van der Waals surface area (Å²) in [6, 6.07) is 6.84. The summed E-state index contributed by atoms with van der Waals surface area (Å²) in [7, 11) is 0. The van der Waals surface area contributed by atoms with E-state index in [4.69, 9.17) is 0 Å². The van der Waals surface area contributed by atoms with Gasteiger partial charge in [0.1, 0.15) is 22.3 Å². The minimum atomic E-state index is -0.606. The van der Waals surface area contributed by atoms with Crippen LogP contribution in [0, 0.1) is 19.3 Å². The van der Waals surface area contributed by atoms with Gasteiger partial charge in [-0.15, -0.1) is 0 Å². The van der Waals surface area contributed by atoms with Crippen molar-refractivity contribution in [2.45, 2.75) is 59.0 Å². The molecule has 4 aromatic rings. The van der Waals surface area contributed by atoms with Gasteiger partial charge in [0.05, 0.1) is 17.6 Å². The number of rotatable bonds is 6. The molecule has 2 fully saturated rings. The van der Waals surface area contributed by atoms with Gasteiger partial charge in [-0.05, 0) is 65.7 Å². The summed E-state index contributed by atoms with van der Waals surface area (Å²) in [5.74, 6) is 0.739. The molecule has 1 N–H and O–H groups in total. The van der Waals surface area contributed by atoms with Crippen molar-refractivity contribution < 1.29 is 14.4 Å². The van der Waals surface area contributed by atoms with Crippen LogP contribution >= 0.6 is 15.9 Å². The van der Waals surface area contributed by atoms with Gasteiger partial charge in [0.25, 0.3) is 0 Å². The number of pyridine rings is 2. The molecule has 0 aromatic carbocycles. The van der Waals surface area contributed by atoms with Gasteiger partial charge in [0.15, 0.2) is 11.6 Å². The number of carbonyl (C=O) groups excluding carboxylic acids is 3. The number of nitrogens with zero attached hydrogens (tertiary/aromatic N) is 6. The van der Waals surface area contributed by atoms with Crippen LogP contribution in [-0.2, 0) is 16.0 Å². The summed E-state index contributed by atoms with van der Waals surface area (Å²) in [5, 5.41) is 2.93. The molecule has 40 heavy (non-hydrogen) atoms. The largest absolute Gasteiger partial charge is 0.327 e. The molecule has 11 heteroatoms. The van der Waals surface area contributed by atoms with E-state index in [-0.39, 0.29) is 41.3 Å². The van der Waals surface area contributed by atoms with E-state index in [0.717, 1.165) is 23.1 Å². The number of ketones is 1. The van der Waals surface area contributed by atoms with Crippen LogP contribution in [-0.4, -0.2) is 58.9 Å². The quantitative estimate of drug-likeness (QED) is 0.258. The third-order valence-corrected chi connectivity index (χ3v) is 8.43. The number of halogens is 1. The average molecular weight is 602 g/mol. The molecule has 0 bridgehead atoms. The molecule has 0 radical (unpaired) electrons. The first kappa shape index (κ1) is 26.2. The fourth-order valence-corrected chi connectivity index (χ4v) is 5.98. The second-order valence-electron chi connectivity index (χ2n) is 11.0. The van der Waals surface area contributed by atoms with Gasteiger partial charge < -0.3 is 10.2 Å². The van der Waals surface area contributed by atoms with E-state index in [1.165, 1.54) is 6.92 Å². The lowest BCUT2D eigenvalue weighted by Gasteiger charge is -2.27. The van der Waals surface area contributed by atoms with E-state index in [1.807, 2.05) is 44.3 Å². The topological polar surface area (TPSA) is 122 Å². The Hall–Kier alpha value is -3.99. The van der Waals surface area contributed by atoms with Gasteiger partial charge in [0, 0.05) is 42.7 Å². The van der Waals surface area contributed by atoms with Gasteiger partial charge >= 0.3 is 0 Å². The monoisotopic (exact) mass is 601 g/mol. The fraction of sp³-hybridized carbons (Fsp3) is 0.345. The van der Waals surface area contributed by atoms with Crippen molar-refractivity contribution >= 4 is 44.9 Å². The lowest BCUT2D eigenvalue weighted by Crippen LogP contribution is -2.46. The highest BCUT2D eigenvalue weighted by Crippen LogP contribution is 2.59. The second-order valence-corrected chi connectivity index (χ2v) is 11.8. The summed E-state index contributed by atoms with van der Waals surface area (Å²) in [6.07, 6.45) is 6.71. The molecule has 2 aliphatic rings. The molecule has 5 heterocycles. The molecule has 3 atom stereocenters. The lowest BCUT2D eigenvalue weighted by molar-refractivity contribution is -0.137. The van der Waals surface area contributed by atoms with Crippen molar-refractivity contribution in [3.8, 4) is 11.1 Å². The Morgan fingerprint density at radius 3 is 2.52 bits per heavy atom. The number of piperidine rings is 1. The molecule has 6 rings (SSSR count). The van der Waals surface area contributed by atoms with E-state index < -0.39 is 6.04 Å². The van der Waals surface area contributed by atoms with E-state index in [0.29, 0.717) is 33.9 Å². The highest BCUT2D eigenvalue weighted by Gasteiger charge is 2.64. The number of likely N-dealkylation sites (tertiary alicyclic amines) is 1. The van der Waals surface area contributed by atoms with Crippen molar-refractivity contribution in [1.29, 1.82) is 0 Å². The third kappa shape index (κ3) is 4.57. The minimum Gasteiger partial charge on any atom is -0.327 e. The van der Waals surface area contributed by atoms with Gasteiger partial charge in [-0.25, -0.2) is 19.9 Å². The van der Waals surface area contributed by atoms with E-state index in [1.54, 1.807) is 21.7 Å². The number of hydrogen-bond acceptors (Lipinski definition) is 7. The van der Waals surface area contributed by atoms with Gasteiger partial charge in [-0.3, -0.25) is 18.8 Å². The van der Waals surface area contributed by atoms with Gasteiger partial charge in [-0.1, -0.05) is 19.1 Å². The van der Waals surface area contributed by atoms with Gasteiger partial charge in [-0.2, -0.15) is 0 Å². The summed E-state index contributed by atoms with van der Waals surface area (Å²) < 4.78 is 2.34. The Kier molecular flexibility index (Phi) is 6.29. The number of hydrogen-bond donors (Lipinski definition) is 1. The van der Waals surface area contributed by atoms with Crippen LogP contribution < -0.4 is 5.32 Å². The zero-order chi connectivity index (χ0) is 28.3. The zero-order valence-electron chi connectivity index (χ0n) is 22.6. The van der Waals surface area contributed by atoms with Crippen LogP contribution in [0.5, 0.6) is 0 Å². The van der Waals surface area contributed by atoms with Crippen LogP contribution in [0.3, 0.4) is 0 Å². The zero-order valence-corrected chi connectivity index (χ0v) is 24.2. The third-order valence-electron chi connectivity index (χ3n) is 7.99. The first-order chi connectivity index (χ1) is 19.0. The molecular weight excluding hydrogens is 574 g/mol. The molecular formula is C29H28BrN7O3. The van der Waals surface area contributed by atoms with E-state index in [9.17, 15) is 14.4 Å². The molecule has 1 saturated heterocycles. The molecule has 2 amide bonds. The number of aryl methyl sites for hydroxylation is 2. The van der Waals surface area contributed by atoms with Crippen LogP contribution in [0.25, 0.3) is 16.6 Å². The summed E-state index contributed by atoms with van der Waals surface area (Å²) in [6.45, 7) is 7.26. The second kappa shape index (κ2) is 9.58. The van der Waals surface area contributed by atoms with Crippen LogP contribution in [0.15, 0.2) is 47.5 Å². The standard InChI is InChI=1S/C29H28BrN7O3/c1-15-5-8-24(30)34-26(15)35-28(40)22-10-29(4)11-23(29)37(22)25(39)9-20-21-7-6-18(19-12-31-17(3)32-13-19)14-36(21)27(33-20)16(2)38/h5-8,12-14,22-23H,9-11H2,1-4H3,(H,34,35,40)/t22-,23+,29-/m0/s1. The van der Waals surface area contributed by atoms with Crippen LogP contribution in [0.2, 0.25) is 0 Å². The number of imidazole rings is 1. The first-order valence-electron chi connectivity index (χ1n) is 13.1.